The Balaban J connectivity index is 0. The van der Waals surface area contributed by atoms with Gasteiger partial charge in [0.25, 0.3) is 0 Å². The molecule has 0 aromatic heterocycles. The number of methoxy groups -OCH3 is 1. The van der Waals surface area contributed by atoms with Crippen LogP contribution in [0.15, 0.2) is 4.99 Å². The molecular formula is C18H40IN5O3. The van der Waals surface area contributed by atoms with Crippen LogP contribution in [0.25, 0.3) is 0 Å². The maximum Gasteiger partial charge on any atom is 0.407 e. The maximum absolute atomic E-state index is 11.6. The van der Waals surface area contributed by atoms with Crippen LogP contribution >= 0.6 is 24.0 Å². The minimum Gasteiger partial charge on any atom is -0.444 e. The summed E-state index contributed by atoms with van der Waals surface area (Å²) in [6.07, 6.45) is 1.40. The molecule has 0 bridgehead atoms. The summed E-state index contributed by atoms with van der Waals surface area (Å²) in [6.45, 7) is 13.1. The third-order valence-corrected chi connectivity index (χ3v) is 3.29. The molecule has 0 atom stereocenters. The number of ether oxygens (including phenoxy) is 2. The molecule has 162 valence electrons. The largest absolute Gasteiger partial charge is 0.444 e. The number of carbonyl (C=O) groups is 1. The Bertz CT molecular complexity index is 403. The van der Waals surface area contributed by atoms with Crippen molar-refractivity contribution in [2.24, 2.45) is 4.99 Å². The molecule has 0 aromatic rings. The SMILES string of the molecule is CCNC(=NCCCNC(=O)OC(C)(C)C)NCCN(C)CCCOC.I. The Labute approximate surface area is 182 Å². The van der Waals surface area contributed by atoms with Crippen LogP contribution in [0.3, 0.4) is 0 Å². The van der Waals surface area contributed by atoms with Gasteiger partial charge in [-0.15, -0.1) is 24.0 Å². The summed E-state index contributed by atoms with van der Waals surface area (Å²) in [6, 6.07) is 0. The summed E-state index contributed by atoms with van der Waals surface area (Å²) in [5.41, 5.74) is -0.471. The number of halogens is 1. The molecular weight excluding hydrogens is 461 g/mol. The molecule has 0 heterocycles. The quantitative estimate of drug-likeness (QED) is 0.164. The van der Waals surface area contributed by atoms with Gasteiger partial charge >= 0.3 is 6.09 Å². The van der Waals surface area contributed by atoms with E-state index in [9.17, 15) is 4.79 Å². The third-order valence-electron chi connectivity index (χ3n) is 3.29. The summed E-state index contributed by atoms with van der Waals surface area (Å²) < 4.78 is 10.3. The predicted octanol–water partition coefficient (Wildman–Crippen LogP) is 2.04. The Morgan fingerprint density at radius 1 is 1.07 bits per heavy atom. The molecule has 0 saturated heterocycles. The first-order valence-corrected chi connectivity index (χ1v) is 9.45. The zero-order chi connectivity index (χ0) is 19.8. The highest BCUT2D eigenvalue weighted by molar-refractivity contribution is 14.0. The fraction of sp³-hybridized carbons (Fsp3) is 0.889. The van der Waals surface area contributed by atoms with Crippen molar-refractivity contribution in [1.82, 2.24) is 20.9 Å². The van der Waals surface area contributed by atoms with Crippen LogP contribution in [0.4, 0.5) is 4.79 Å². The normalized spacial score (nSPS) is 11.7. The molecule has 0 unspecified atom stereocenters. The minimum atomic E-state index is -0.471. The molecule has 0 aromatic carbocycles. The summed E-state index contributed by atoms with van der Waals surface area (Å²) in [5, 5.41) is 9.29. The molecule has 8 nitrogen and oxygen atoms in total. The predicted molar refractivity (Wildman–Crippen MR) is 122 cm³/mol. The van der Waals surface area contributed by atoms with E-state index in [-0.39, 0.29) is 30.1 Å². The van der Waals surface area contributed by atoms with Crippen molar-refractivity contribution in [1.29, 1.82) is 0 Å². The Hall–Kier alpha value is -0.810. The molecule has 1 amide bonds. The van der Waals surface area contributed by atoms with Gasteiger partial charge in [-0.1, -0.05) is 0 Å². The van der Waals surface area contributed by atoms with Crippen LogP contribution in [0.1, 0.15) is 40.5 Å². The van der Waals surface area contributed by atoms with Gasteiger partial charge < -0.3 is 30.3 Å². The summed E-state index contributed by atoms with van der Waals surface area (Å²) in [5.74, 6) is 0.801. The molecule has 3 N–H and O–H groups in total. The zero-order valence-electron chi connectivity index (χ0n) is 17.9. The number of nitrogens with one attached hydrogen (secondary N) is 3. The molecule has 0 aliphatic rings. The molecule has 0 saturated carbocycles. The second-order valence-corrected chi connectivity index (χ2v) is 7.12. The second kappa shape index (κ2) is 17.3. The minimum absolute atomic E-state index is 0. The van der Waals surface area contributed by atoms with Crippen LogP contribution in [-0.4, -0.2) is 82.6 Å². The van der Waals surface area contributed by atoms with Crippen LogP contribution < -0.4 is 16.0 Å². The summed E-state index contributed by atoms with van der Waals surface area (Å²) >= 11 is 0. The maximum atomic E-state index is 11.6. The first-order valence-electron chi connectivity index (χ1n) is 9.45. The number of alkyl carbamates (subject to hydrolysis) is 1. The molecule has 0 aliphatic carbocycles. The molecule has 0 radical (unpaired) electrons. The number of hydrogen-bond acceptors (Lipinski definition) is 5. The Kier molecular flexibility index (Phi) is 18.2. The van der Waals surface area contributed by atoms with Crippen molar-refractivity contribution >= 4 is 36.0 Å². The van der Waals surface area contributed by atoms with E-state index in [2.05, 4.69) is 32.9 Å². The second-order valence-electron chi connectivity index (χ2n) is 7.12. The Morgan fingerprint density at radius 2 is 1.78 bits per heavy atom. The van der Waals surface area contributed by atoms with Crippen molar-refractivity contribution in [2.45, 2.75) is 46.1 Å². The van der Waals surface area contributed by atoms with Gasteiger partial charge in [-0.2, -0.15) is 0 Å². The van der Waals surface area contributed by atoms with Crippen LogP contribution in [0.5, 0.6) is 0 Å². The standard InChI is InChI=1S/C18H39N5O3.HI/c1-7-19-16(21-12-14-23(5)13-9-15-25-6)20-10-8-11-22-17(24)26-18(2,3)4;/h7-15H2,1-6H3,(H,22,24)(H2,19,20,21);1H. The zero-order valence-corrected chi connectivity index (χ0v) is 20.2. The number of likely N-dealkylation sites (N-methyl/N-ethyl adjacent to an activating group) is 1. The number of nitrogens with zero attached hydrogens (tertiary/aromatic N) is 2. The summed E-state index contributed by atoms with van der Waals surface area (Å²) in [4.78, 5) is 18.3. The monoisotopic (exact) mass is 501 g/mol. The number of amides is 1. The summed E-state index contributed by atoms with van der Waals surface area (Å²) in [7, 11) is 3.83. The van der Waals surface area contributed by atoms with Gasteiger partial charge in [-0.25, -0.2) is 4.79 Å². The van der Waals surface area contributed by atoms with Crippen LogP contribution in [-0.2, 0) is 9.47 Å². The van der Waals surface area contributed by atoms with Gasteiger partial charge in [-0.3, -0.25) is 4.99 Å². The van der Waals surface area contributed by atoms with Crippen LogP contribution in [0.2, 0.25) is 0 Å². The van der Waals surface area contributed by atoms with Gasteiger partial charge in [0.2, 0.25) is 0 Å². The molecule has 9 heteroatoms. The molecule has 0 fully saturated rings. The van der Waals surface area contributed by atoms with E-state index in [1.165, 1.54) is 0 Å². The smallest absolute Gasteiger partial charge is 0.407 e. The highest BCUT2D eigenvalue weighted by atomic mass is 127. The number of carbonyl (C=O) groups excluding carboxylic acids is 1. The van der Waals surface area contributed by atoms with Crippen molar-refractivity contribution in [3.05, 3.63) is 0 Å². The van der Waals surface area contributed by atoms with E-state index in [1.54, 1.807) is 7.11 Å². The number of aliphatic imine (C=N–C) groups is 1. The van der Waals surface area contributed by atoms with Gasteiger partial charge in [0.1, 0.15) is 5.60 Å². The number of hydrogen-bond donors (Lipinski definition) is 3. The van der Waals surface area contributed by atoms with E-state index in [4.69, 9.17) is 9.47 Å². The average Bonchev–Trinajstić information content (AvgIpc) is 2.53. The van der Waals surface area contributed by atoms with Gasteiger partial charge in [-0.05, 0) is 47.6 Å². The topological polar surface area (TPSA) is 87.2 Å². The van der Waals surface area contributed by atoms with Crippen LogP contribution in [0, 0.1) is 0 Å². The van der Waals surface area contributed by atoms with Crippen molar-refractivity contribution in [2.75, 3.05) is 60.0 Å². The fourth-order valence-electron chi connectivity index (χ4n) is 2.07. The van der Waals surface area contributed by atoms with Gasteiger partial charge in [0, 0.05) is 53.0 Å². The molecule has 0 aliphatic heterocycles. The van der Waals surface area contributed by atoms with Crippen molar-refractivity contribution in [3.8, 4) is 0 Å². The Morgan fingerprint density at radius 3 is 2.37 bits per heavy atom. The fourth-order valence-corrected chi connectivity index (χ4v) is 2.07. The average molecular weight is 501 g/mol. The number of guanidine groups is 1. The third kappa shape index (κ3) is 19.7. The van der Waals surface area contributed by atoms with E-state index in [1.807, 2.05) is 27.7 Å². The number of rotatable bonds is 12. The van der Waals surface area contributed by atoms with E-state index < -0.39 is 5.60 Å². The molecule has 27 heavy (non-hydrogen) atoms. The van der Waals surface area contributed by atoms with E-state index in [0.717, 1.165) is 51.6 Å². The first-order chi connectivity index (χ1) is 12.3. The lowest BCUT2D eigenvalue weighted by molar-refractivity contribution is 0.0527. The van der Waals surface area contributed by atoms with E-state index >= 15 is 0 Å². The lowest BCUT2D eigenvalue weighted by Crippen LogP contribution is -2.41. The van der Waals surface area contributed by atoms with Gasteiger partial charge in [0.15, 0.2) is 5.96 Å². The van der Waals surface area contributed by atoms with Crippen molar-refractivity contribution in [3.63, 3.8) is 0 Å². The molecule has 0 rings (SSSR count). The lowest BCUT2D eigenvalue weighted by atomic mass is 10.2. The van der Waals surface area contributed by atoms with Gasteiger partial charge in [0.05, 0.1) is 0 Å². The first kappa shape index (κ1) is 28.4. The van der Waals surface area contributed by atoms with Crippen molar-refractivity contribution < 1.29 is 14.3 Å². The lowest BCUT2D eigenvalue weighted by Gasteiger charge is -2.19. The molecule has 0 spiro atoms. The highest BCUT2D eigenvalue weighted by Crippen LogP contribution is 2.06. The highest BCUT2D eigenvalue weighted by Gasteiger charge is 2.15. The van der Waals surface area contributed by atoms with E-state index in [0.29, 0.717) is 13.1 Å².